The zero-order valence-corrected chi connectivity index (χ0v) is 27.5. The third-order valence-corrected chi connectivity index (χ3v) is 8.93. The highest BCUT2D eigenvalue weighted by molar-refractivity contribution is 5.88. The highest BCUT2D eigenvalue weighted by Gasteiger charge is 2.43. The van der Waals surface area contributed by atoms with Gasteiger partial charge in [0.25, 0.3) is 0 Å². The molecule has 0 saturated carbocycles. The van der Waals surface area contributed by atoms with Crippen LogP contribution >= 0.6 is 0 Å². The quantitative estimate of drug-likeness (QED) is 0.284. The Morgan fingerprint density at radius 3 is 2.21 bits per heavy atom. The Morgan fingerprint density at radius 1 is 1.00 bits per heavy atom. The second-order valence-electron chi connectivity index (χ2n) is 12.9. The summed E-state index contributed by atoms with van der Waals surface area (Å²) in [5.41, 5.74) is -0.907. The summed E-state index contributed by atoms with van der Waals surface area (Å²) in [7, 11) is 2.88. The first-order valence-corrected chi connectivity index (χ1v) is 15.5. The molecule has 2 aliphatic rings. The number of aliphatic hydroxyl groups is 3. The Bertz CT molecular complexity index is 915. The van der Waals surface area contributed by atoms with Crippen molar-refractivity contribution in [3.05, 3.63) is 0 Å². The number of cyclic esters (lactones) is 1. The predicted octanol–water partition coefficient (Wildman–Crippen LogP) is 2.84. The summed E-state index contributed by atoms with van der Waals surface area (Å²) in [5.74, 6) is -3.33. The van der Waals surface area contributed by atoms with Crippen LogP contribution in [0, 0.1) is 29.6 Å². The van der Waals surface area contributed by atoms with E-state index in [1.54, 1.807) is 34.8 Å². The SMILES string of the molecule is CC[C@H]1OC(=O)C(C)[C@@H](O[C@H]2CC(C)[C@@H](OC)C(C)O2)[C@H](C)CC(C)(O)C[C@@H](C)/C(=N\OCC(=O)OC)[C@H](C)[C@@H](O)C1O. The minimum atomic E-state index is -1.44. The molecule has 3 N–H and O–H groups in total. The summed E-state index contributed by atoms with van der Waals surface area (Å²) in [6.45, 7) is 14.1. The molecule has 250 valence electrons. The summed E-state index contributed by atoms with van der Waals surface area (Å²) >= 11 is 0. The lowest BCUT2D eigenvalue weighted by Gasteiger charge is -2.42. The second-order valence-corrected chi connectivity index (χ2v) is 12.9. The van der Waals surface area contributed by atoms with Crippen LogP contribution in [0.15, 0.2) is 5.16 Å². The normalized spacial score (nSPS) is 43.0. The molecule has 0 aromatic rings. The van der Waals surface area contributed by atoms with E-state index in [2.05, 4.69) is 16.8 Å². The van der Waals surface area contributed by atoms with Crippen LogP contribution in [0.4, 0.5) is 0 Å². The minimum Gasteiger partial charge on any atom is -0.466 e. The fourth-order valence-corrected chi connectivity index (χ4v) is 6.68. The average Bonchev–Trinajstić information content (AvgIpc) is 2.93. The summed E-state index contributed by atoms with van der Waals surface area (Å²) in [4.78, 5) is 30.4. The third-order valence-electron chi connectivity index (χ3n) is 8.93. The lowest BCUT2D eigenvalue weighted by molar-refractivity contribution is -0.264. The molecule has 0 radical (unpaired) electrons. The number of methoxy groups -OCH3 is 2. The average molecular weight is 618 g/mol. The first kappa shape index (κ1) is 37.4. The molecule has 0 aromatic carbocycles. The van der Waals surface area contributed by atoms with Crippen LogP contribution in [0.3, 0.4) is 0 Å². The fraction of sp³-hybridized carbons (Fsp3) is 0.903. The van der Waals surface area contributed by atoms with Crippen molar-refractivity contribution in [3.63, 3.8) is 0 Å². The van der Waals surface area contributed by atoms with Crippen LogP contribution in [0.5, 0.6) is 0 Å². The van der Waals surface area contributed by atoms with Crippen molar-refractivity contribution in [2.45, 2.75) is 130 Å². The van der Waals surface area contributed by atoms with E-state index in [9.17, 15) is 24.9 Å². The molecule has 2 aliphatic heterocycles. The van der Waals surface area contributed by atoms with E-state index in [-0.39, 0.29) is 43.3 Å². The van der Waals surface area contributed by atoms with Crippen LogP contribution in [-0.4, -0.2) is 102 Å². The molecule has 0 aliphatic carbocycles. The van der Waals surface area contributed by atoms with Gasteiger partial charge in [-0.05, 0) is 51.9 Å². The molecular weight excluding hydrogens is 562 g/mol. The molecule has 13 atom stereocenters. The first-order chi connectivity index (χ1) is 20.1. The number of oxime groups is 1. The zero-order valence-electron chi connectivity index (χ0n) is 27.5. The molecule has 5 unspecified atom stereocenters. The fourth-order valence-electron chi connectivity index (χ4n) is 6.68. The van der Waals surface area contributed by atoms with Crippen LogP contribution < -0.4 is 0 Å². The summed E-state index contributed by atoms with van der Waals surface area (Å²) in [6, 6.07) is 0. The molecule has 2 saturated heterocycles. The van der Waals surface area contributed by atoms with Gasteiger partial charge in [0.1, 0.15) is 12.2 Å². The summed E-state index contributed by atoms with van der Waals surface area (Å²) < 4.78 is 28.6. The van der Waals surface area contributed by atoms with Crippen molar-refractivity contribution in [2.75, 3.05) is 20.8 Å². The summed E-state index contributed by atoms with van der Waals surface area (Å²) in [5, 5.41) is 38.1. The number of ether oxygens (including phenoxy) is 5. The van der Waals surface area contributed by atoms with Crippen LogP contribution in [0.25, 0.3) is 0 Å². The highest BCUT2D eigenvalue weighted by Crippen LogP contribution is 2.36. The zero-order chi connectivity index (χ0) is 32.6. The monoisotopic (exact) mass is 617 g/mol. The van der Waals surface area contributed by atoms with Crippen LogP contribution in [0.1, 0.15) is 81.1 Å². The number of rotatable bonds is 7. The highest BCUT2D eigenvalue weighted by atomic mass is 16.7. The maximum absolute atomic E-state index is 13.5. The molecular formula is C31H55NO11. The summed E-state index contributed by atoms with van der Waals surface area (Å²) in [6.07, 6.45) is -4.12. The number of carbonyl (C=O) groups is 2. The van der Waals surface area contributed by atoms with E-state index in [1.807, 2.05) is 20.8 Å². The molecule has 12 heteroatoms. The van der Waals surface area contributed by atoms with Crippen molar-refractivity contribution < 1.29 is 53.4 Å². The Kier molecular flexibility index (Phi) is 14.3. The van der Waals surface area contributed by atoms with Crippen molar-refractivity contribution in [1.82, 2.24) is 0 Å². The van der Waals surface area contributed by atoms with Crippen molar-refractivity contribution in [3.8, 4) is 0 Å². The molecule has 0 spiro atoms. The van der Waals surface area contributed by atoms with Gasteiger partial charge in [-0.2, -0.15) is 0 Å². The van der Waals surface area contributed by atoms with Gasteiger partial charge in [0.2, 0.25) is 6.61 Å². The smallest absolute Gasteiger partial charge is 0.346 e. The van der Waals surface area contributed by atoms with Gasteiger partial charge in [0.15, 0.2) is 6.29 Å². The van der Waals surface area contributed by atoms with Gasteiger partial charge in [-0.1, -0.05) is 39.8 Å². The van der Waals surface area contributed by atoms with Gasteiger partial charge in [-0.15, -0.1) is 0 Å². The minimum absolute atomic E-state index is 0.0843. The van der Waals surface area contributed by atoms with E-state index in [0.717, 1.165) is 0 Å². The largest absolute Gasteiger partial charge is 0.466 e. The Labute approximate surface area is 256 Å². The van der Waals surface area contributed by atoms with E-state index < -0.39 is 72.6 Å². The van der Waals surface area contributed by atoms with Crippen LogP contribution in [0.2, 0.25) is 0 Å². The predicted molar refractivity (Wildman–Crippen MR) is 158 cm³/mol. The number of hydrogen-bond acceptors (Lipinski definition) is 12. The Balaban J connectivity index is 2.45. The standard InChI is InChI=1S/C31H55NO11/c1-11-22-27(35)26(34)19(5)25(32-40-15-23(33)38-9)17(3)13-31(8,37)14-18(4)28(20(6)30(36)42-22)43-24-12-16(2)29(39-10)21(7)41-24/h16-22,24,26-29,34-35,37H,11-15H2,1-10H3/b32-25+/t16?,17-,18-,19+,20?,21?,22-,24+,26-,27?,28+,29-,31?/m1/s1. The first-order valence-electron chi connectivity index (χ1n) is 15.5. The molecule has 12 nitrogen and oxygen atoms in total. The molecule has 0 aromatic heterocycles. The van der Waals surface area contributed by atoms with E-state index in [4.69, 9.17) is 23.8 Å². The number of nitrogens with zero attached hydrogens (tertiary/aromatic N) is 1. The Morgan fingerprint density at radius 2 is 1.65 bits per heavy atom. The van der Waals surface area contributed by atoms with Crippen molar-refractivity contribution >= 4 is 17.7 Å². The number of carbonyl (C=O) groups excluding carboxylic acids is 2. The number of aliphatic hydroxyl groups excluding tert-OH is 2. The Hall–Kier alpha value is -1.83. The molecule has 2 fully saturated rings. The van der Waals surface area contributed by atoms with Crippen LogP contribution in [-0.2, 0) is 38.1 Å². The second kappa shape index (κ2) is 16.5. The van der Waals surface area contributed by atoms with E-state index >= 15 is 0 Å². The lowest BCUT2D eigenvalue weighted by Crippen LogP contribution is -2.50. The topological polar surface area (TPSA) is 163 Å². The maximum Gasteiger partial charge on any atom is 0.346 e. The van der Waals surface area contributed by atoms with E-state index in [0.29, 0.717) is 12.1 Å². The maximum atomic E-state index is 13.5. The molecule has 43 heavy (non-hydrogen) atoms. The van der Waals surface area contributed by atoms with Crippen molar-refractivity contribution in [1.29, 1.82) is 0 Å². The molecule has 2 rings (SSSR count). The van der Waals surface area contributed by atoms with Crippen molar-refractivity contribution in [2.24, 2.45) is 34.7 Å². The van der Waals surface area contributed by atoms with E-state index in [1.165, 1.54) is 7.11 Å². The van der Waals surface area contributed by atoms with Gasteiger partial charge in [0.05, 0.1) is 48.8 Å². The molecule has 0 bridgehead atoms. The van der Waals surface area contributed by atoms with Gasteiger partial charge in [-0.3, -0.25) is 4.79 Å². The number of hydrogen-bond donors (Lipinski definition) is 3. The number of esters is 2. The third kappa shape index (κ3) is 10.1. The van der Waals surface area contributed by atoms with Gasteiger partial charge in [-0.25, -0.2) is 4.79 Å². The lowest BCUT2D eigenvalue weighted by atomic mass is 9.77. The molecule has 2 heterocycles. The van der Waals surface area contributed by atoms with Gasteiger partial charge in [0, 0.05) is 25.4 Å². The van der Waals surface area contributed by atoms with Gasteiger partial charge >= 0.3 is 11.9 Å². The molecule has 0 amide bonds. The van der Waals surface area contributed by atoms with Gasteiger partial charge < -0.3 is 43.8 Å².